The second kappa shape index (κ2) is 5.54. The fraction of sp³-hybridized carbons (Fsp3) is 0.111. The van der Waals surface area contributed by atoms with Gasteiger partial charge in [-0.15, -0.1) is 0 Å². The molecule has 1 rings (SSSR count). The summed E-state index contributed by atoms with van der Waals surface area (Å²) in [6.07, 6.45) is -1.22. The van der Waals surface area contributed by atoms with Crippen molar-refractivity contribution >= 4 is 40.3 Å². The number of benzene rings is 1. The van der Waals surface area contributed by atoms with Crippen molar-refractivity contribution in [3.63, 3.8) is 0 Å². The van der Waals surface area contributed by atoms with Gasteiger partial charge < -0.3 is 15.7 Å². The maximum Gasteiger partial charge on any atom is 0.405 e. The van der Waals surface area contributed by atoms with Crippen LogP contribution < -0.4 is 10.6 Å². The summed E-state index contributed by atoms with van der Waals surface area (Å²) in [5.74, 6) is -0.390. The fourth-order valence-corrected chi connectivity index (χ4v) is 1.25. The van der Waals surface area contributed by atoms with Crippen LogP contribution in [0.5, 0.6) is 0 Å². The fourth-order valence-electron chi connectivity index (χ4n) is 0.894. The lowest BCUT2D eigenvalue weighted by Crippen LogP contribution is -2.31. The SMILES string of the molecule is O=C(O)NCC(=O)Nc1ccc(I)cc1. The molecular weight excluding hydrogens is 311 g/mol. The molecule has 3 N–H and O–H groups in total. The van der Waals surface area contributed by atoms with Gasteiger partial charge in [-0.25, -0.2) is 4.79 Å². The quantitative estimate of drug-likeness (QED) is 0.739. The number of rotatable bonds is 3. The first-order valence-electron chi connectivity index (χ1n) is 4.10. The van der Waals surface area contributed by atoms with E-state index >= 15 is 0 Å². The van der Waals surface area contributed by atoms with Crippen LogP contribution in [0.15, 0.2) is 24.3 Å². The molecular formula is C9H9IN2O3. The Morgan fingerprint density at radius 3 is 2.40 bits per heavy atom. The maximum absolute atomic E-state index is 11.2. The van der Waals surface area contributed by atoms with Gasteiger partial charge in [0, 0.05) is 9.26 Å². The summed E-state index contributed by atoms with van der Waals surface area (Å²) >= 11 is 2.15. The minimum Gasteiger partial charge on any atom is -0.465 e. The molecule has 0 aliphatic carbocycles. The average molecular weight is 320 g/mol. The van der Waals surface area contributed by atoms with E-state index in [2.05, 4.69) is 27.9 Å². The van der Waals surface area contributed by atoms with Crippen LogP contribution >= 0.6 is 22.6 Å². The van der Waals surface area contributed by atoms with E-state index in [1.807, 2.05) is 17.4 Å². The van der Waals surface area contributed by atoms with Gasteiger partial charge in [0.15, 0.2) is 0 Å². The number of carbonyl (C=O) groups is 2. The molecule has 6 heteroatoms. The van der Waals surface area contributed by atoms with E-state index in [0.29, 0.717) is 5.69 Å². The molecule has 1 aromatic carbocycles. The number of halogens is 1. The number of hydrogen-bond donors (Lipinski definition) is 3. The highest BCUT2D eigenvalue weighted by atomic mass is 127. The standard InChI is InChI=1S/C9H9IN2O3/c10-6-1-3-7(4-2-6)12-8(13)5-11-9(14)15/h1-4,11H,5H2,(H,12,13)(H,14,15). The monoisotopic (exact) mass is 320 g/mol. The van der Waals surface area contributed by atoms with E-state index in [0.717, 1.165) is 3.57 Å². The van der Waals surface area contributed by atoms with Gasteiger partial charge in [-0.2, -0.15) is 0 Å². The highest BCUT2D eigenvalue weighted by Crippen LogP contribution is 2.10. The van der Waals surface area contributed by atoms with Crippen molar-refractivity contribution in [1.82, 2.24) is 5.32 Å². The predicted octanol–water partition coefficient (Wildman–Crippen LogP) is 1.50. The lowest BCUT2D eigenvalue weighted by atomic mass is 10.3. The summed E-state index contributed by atoms with van der Waals surface area (Å²) in [5.41, 5.74) is 0.646. The summed E-state index contributed by atoms with van der Waals surface area (Å²) in [6.45, 7) is -0.249. The third kappa shape index (κ3) is 4.63. The second-order valence-electron chi connectivity index (χ2n) is 2.71. The lowest BCUT2D eigenvalue weighted by Gasteiger charge is -2.04. The van der Waals surface area contributed by atoms with E-state index in [1.165, 1.54) is 0 Å². The Bertz CT molecular complexity index is 364. The Kier molecular flexibility index (Phi) is 4.35. The molecule has 15 heavy (non-hydrogen) atoms. The van der Waals surface area contributed by atoms with Crippen molar-refractivity contribution in [2.75, 3.05) is 11.9 Å². The maximum atomic E-state index is 11.2. The zero-order valence-electron chi connectivity index (χ0n) is 7.66. The number of nitrogens with one attached hydrogen (secondary N) is 2. The zero-order valence-corrected chi connectivity index (χ0v) is 9.82. The molecule has 5 nitrogen and oxygen atoms in total. The van der Waals surface area contributed by atoms with Gasteiger partial charge in [-0.3, -0.25) is 4.79 Å². The Hall–Kier alpha value is -1.31. The molecule has 80 valence electrons. The third-order valence-electron chi connectivity index (χ3n) is 1.53. The predicted molar refractivity (Wildman–Crippen MR) is 63.8 cm³/mol. The van der Waals surface area contributed by atoms with Crippen LogP contribution in [0.2, 0.25) is 0 Å². The zero-order chi connectivity index (χ0) is 11.3. The van der Waals surface area contributed by atoms with Gasteiger partial charge in [-0.05, 0) is 46.9 Å². The number of hydrogen-bond acceptors (Lipinski definition) is 2. The Labute approximate surface area is 100 Å². The molecule has 0 aromatic heterocycles. The van der Waals surface area contributed by atoms with Crippen LogP contribution in [0.25, 0.3) is 0 Å². The van der Waals surface area contributed by atoms with Gasteiger partial charge in [0.25, 0.3) is 0 Å². The van der Waals surface area contributed by atoms with Gasteiger partial charge in [0.05, 0.1) is 0 Å². The van der Waals surface area contributed by atoms with Gasteiger partial charge >= 0.3 is 6.09 Å². The topological polar surface area (TPSA) is 78.4 Å². The van der Waals surface area contributed by atoms with Crippen molar-refractivity contribution in [2.24, 2.45) is 0 Å². The molecule has 0 fully saturated rings. The number of carbonyl (C=O) groups excluding carboxylic acids is 1. The molecule has 1 aromatic rings. The van der Waals surface area contributed by atoms with Crippen molar-refractivity contribution in [3.05, 3.63) is 27.8 Å². The van der Waals surface area contributed by atoms with Crippen LogP contribution in [-0.2, 0) is 4.79 Å². The Morgan fingerprint density at radius 2 is 1.87 bits per heavy atom. The Morgan fingerprint density at radius 1 is 1.27 bits per heavy atom. The molecule has 0 atom stereocenters. The normalized spacial score (nSPS) is 9.40. The molecule has 2 amide bonds. The van der Waals surface area contributed by atoms with Gasteiger partial charge in [-0.1, -0.05) is 0 Å². The van der Waals surface area contributed by atoms with E-state index in [-0.39, 0.29) is 6.54 Å². The number of amides is 2. The van der Waals surface area contributed by atoms with Gasteiger partial charge in [0.1, 0.15) is 6.54 Å². The van der Waals surface area contributed by atoms with Crippen molar-refractivity contribution in [3.8, 4) is 0 Å². The summed E-state index contributed by atoms with van der Waals surface area (Å²) in [4.78, 5) is 21.3. The molecule has 0 saturated heterocycles. The summed E-state index contributed by atoms with van der Waals surface area (Å²) in [5, 5.41) is 12.8. The van der Waals surface area contributed by atoms with E-state index < -0.39 is 12.0 Å². The largest absolute Gasteiger partial charge is 0.465 e. The van der Waals surface area contributed by atoms with Crippen molar-refractivity contribution in [2.45, 2.75) is 0 Å². The van der Waals surface area contributed by atoms with Crippen LogP contribution in [0.4, 0.5) is 10.5 Å². The minimum absolute atomic E-state index is 0.249. The number of anilines is 1. The summed E-state index contributed by atoms with van der Waals surface area (Å²) in [6, 6.07) is 7.20. The molecule has 0 aliphatic heterocycles. The van der Waals surface area contributed by atoms with Crippen LogP contribution in [0.1, 0.15) is 0 Å². The van der Waals surface area contributed by atoms with Gasteiger partial charge in [0.2, 0.25) is 5.91 Å². The van der Waals surface area contributed by atoms with E-state index in [9.17, 15) is 9.59 Å². The highest BCUT2D eigenvalue weighted by molar-refractivity contribution is 14.1. The van der Waals surface area contributed by atoms with Crippen LogP contribution in [0, 0.1) is 3.57 Å². The first-order chi connectivity index (χ1) is 7.08. The molecule has 0 aliphatic rings. The summed E-state index contributed by atoms with van der Waals surface area (Å²) in [7, 11) is 0. The molecule has 0 heterocycles. The first kappa shape index (κ1) is 11.8. The molecule has 0 spiro atoms. The van der Waals surface area contributed by atoms with Crippen molar-refractivity contribution in [1.29, 1.82) is 0 Å². The third-order valence-corrected chi connectivity index (χ3v) is 2.25. The van der Waals surface area contributed by atoms with Crippen LogP contribution in [0.3, 0.4) is 0 Å². The molecule has 0 unspecified atom stereocenters. The molecule has 0 radical (unpaired) electrons. The van der Waals surface area contributed by atoms with Crippen LogP contribution in [-0.4, -0.2) is 23.7 Å². The van der Waals surface area contributed by atoms with E-state index in [4.69, 9.17) is 5.11 Å². The average Bonchev–Trinajstić information content (AvgIpc) is 2.19. The van der Waals surface area contributed by atoms with E-state index in [1.54, 1.807) is 12.1 Å². The molecule has 0 bridgehead atoms. The lowest BCUT2D eigenvalue weighted by molar-refractivity contribution is -0.115. The van der Waals surface area contributed by atoms with Crippen molar-refractivity contribution < 1.29 is 14.7 Å². The smallest absolute Gasteiger partial charge is 0.405 e. The molecule has 0 saturated carbocycles. The highest BCUT2D eigenvalue weighted by Gasteiger charge is 2.03. The Balaban J connectivity index is 2.44. The first-order valence-corrected chi connectivity index (χ1v) is 5.18. The summed E-state index contributed by atoms with van der Waals surface area (Å²) < 4.78 is 1.06. The minimum atomic E-state index is -1.22. The number of carboxylic acid groups (broad SMARTS) is 1. The second-order valence-corrected chi connectivity index (χ2v) is 3.96.